The second kappa shape index (κ2) is 9.13. The molecule has 0 saturated carbocycles. The van der Waals surface area contributed by atoms with E-state index in [1.54, 1.807) is 19.3 Å². The van der Waals surface area contributed by atoms with E-state index in [1.807, 2.05) is 0 Å². The first-order valence-corrected chi connectivity index (χ1v) is 7.16. The number of rotatable bonds is 9. The number of nitrogens with zero attached hydrogens (tertiary/aromatic N) is 2. The van der Waals surface area contributed by atoms with Gasteiger partial charge in [-0.15, -0.1) is 0 Å². The highest BCUT2D eigenvalue weighted by atomic mass is 32.2. The number of carbonyl (C=O) groups is 2. The lowest BCUT2D eigenvalue weighted by Crippen LogP contribution is -2.08. The van der Waals surface area contributed by atoms with Gasteiger partial charge in [0.15, 0.2) is 0 Å². The molecular formula is C12H17N3O4S. The summed E-state index contributed by atoms with van der Waals surface area (Å²) in [6.07, 6.45) is 3.73. The van der Waals surface area contributed by atoms with Gasteiger partial charge in [-0.1, -0.05) is 11.8 Å². The second-order valence-electron chi connectivity index (χ2n) is 3.76. The van der Waals surface area contributed by atoms with Crippen LogP contribution < -0.4 is 5.32 Å². The van der Waals surface area contributed by atoms with Crippen LogP contribution in [-0.4, -0.2) is 45.9 Å². The summed E-state index contributed by atoms with van der Waals surface area (Å²) in [6.45, 7) is 2.62. The minimum atomic E-state index is -0.823. The lowest BCUT2D eigenvalue weighted by molar-refractivity contribution is -0.140. The summed E-state index contributed by atoms with van der Waals surface area (Å²) in [4.78, 5) is 29.8. The van der Waals surface area contributed by atoms with E-state index in [0.717, 1.165) is 0 Å². The van der Waals surface area contributed by atoms with Gasteiger partial charge in [0.25, 0.3) is 0 Å². The van der Waals surface area contributed by atoms with Gasteiger partial charge in [0.05, 0.1) is 24.8 Å². The average Bonchev–Trinajstić information content (AvgIpc) is 2.42. The molecule has 0 saturated heterocycles. The summed E-state index contributed by atoms with van der Waals surface area (Å²) >= 11 is 1.24. The van der Waals surface area contributed by atoms with Gasteiger partial charge in [0, 0.05) is 13.0 Å². The number of hydrogen-bond acceptors (Lipinski definition) is 7. The molecule has 8 heteroatoms. The summed E-state index contributed by atoms with van der Waals surface area (Å²) in [7, 11) is 0. The number of aromatic nitrogens is 2. The van der Waals surface area contributed by atoms with E-state index in [0.29, 0.717) is 30.4 Å². The van der Waals surface area contributed by atoms with Crippen LogP contribution in [0.1, 0.15) is 19.8 Å². The van der Waals surface area contributed by atoms with E-state index >= 15 is 0 Å². The quantitative estimate of drug-likeness (QED) is 0.401. The second-order valence-corrected chi connectivity index (χ2v) is 4.76. The molecular weight excluding hydrogens is 282 g/mol. The highest BCUT2D eigenvalue weighted by Gasteiger charge is 2.05. The van der Waals surface area contributed by atoms with Crippen molar-refractivity contribution in [3.05, 3.63) is 12.4 Å². The number of nitrogens with one attached hydrogen (secondary N) is 1. The van der Waals surface area contributed by atoms with Crippen LogP contribution in [0, 0.1) is 0 Å². The Kier molecular flexibility index (Phi) is 7.41. The Morgan fingerprint density at radius 1 is 1.45 bits per heavy atom. The van der Waals surface area contributed by atoms with Crippen molar-refractivity contribution in [1.29, 1.82) is 0 Å². The molecule has 0 spiro atoms. The molecule has 7 nitrogen and oxygen atoms in total. The molecule has 0 bridgehead atoms. The number of aliphatic carboxylic acids is 1. The Bertz CT molecular complexity index is 456. The van der Waals surface area contributed by atoms with Gasteiger partial charge in [-0.2, -0.15) is 0 Å². The Morgan fingerprint density at radius 3 is 2.95 bits per heavy atom. The van der Waals surface area contributed by atoms with E-state index in [4.69, 9.17) is 9.84 Å². The van der Waals surface area contributed by atoms with Crippen LogP contribution in [0.15, 0.2) is 17.4 Å². The summed E-state index contributed by atoms with van der Waals surface area (Å²) in [6, 6.07) is 0. The largest absolute Gasteiger partial charge is 0.481 e. The molecule has 0 aliphatic heterocycles. The standard InChI is InChI=1S/C12H17N3O4S/c1-2-19-12(18)8-20-10-7-13-6-9(15-10)14-5-3-4-11(16)17/h6-7H,2-5,8H2,1H3,(H,14,15)(H,16,17). The third-order valence-electron chi connectivity index (χ3n) is 2.13. The predicted octanol–water partition coefficient (Wildman–Crippen LogP) is 1.41. The van der Waals surface area contributed by atoms with Crippen molar-refractivity contribution in [3.63, 3.8) is 0 Å². The fourth-order valence-corrected chi connectivity index (χ4v) is 1.94. The molecule has 0 aromatic carbocycles. The van der Waals surface area contributed by atoms with E-state index in [9.17, 15) is 9.59 Å². The molecule has 0 radical (unpaired) electrons. The first-order valence-electron chi connectivity index (χ1n) is 6.18. The molecule has 0 unspecified atom stereocenters. The van der Waals surface area contributed by atoms with Crippen LogP contribution in [0.25, 0.3) is 0 Å². The lowest BCUT2D eigenvalue weighted by Gasteiger charge is -2.06. The molecule has 1 aromatic rings. The minimum Gasteiger partial charge on any atom is -0.481 e. The van der Waals surface area contributed by atoms with E-state index < -0.39 is 5.97 Å². The van der Waals surface area contributed by atoms with E-state index in [-0.39, 0.29) is 18.1 Å². The Labute approximate surface area is 121 Å². The maximum absolute atomic E-state index is 11.2. The van der Waals surface area contributed by atoms with Gasteiger partial charge in [0.1, 0.15) is 10.8 Å². The smallest absolute Gasteiger partial charge is 0.316 e. The lowest BCUT2D eigenvalue weighted by atomic mass is 10.3. The van der Waals surface area contributed by atoms with Crippen molar-refractivity contribution in [2.24, 2.45) is 0 Å². The molecule has 110 valence electrons. The number of carbonyl (C=O) groups excluding carboxylic acids is 1. The molecule has 0 aliphatic carbocycles. The topological polar surface area (TPSA) is 101 Å². The highest BCUT2D eigenvalue weighted by Crippen LogP contribution is 2.16. The SMILES string of the molecule is CCOC(=O)CSc1cncc(NCCCC(=O)O)n1. The monoisotopic (exact) mass is 299 g/mol. The van der Waals surface area contributed by atoms with Gasteiger partial charge in [-0.3, -0.25) is 14.6 Å². The molecule has 0 fully saturated rings. The first-order chi connectivity index (χ1) is 9.61. The van der Waals surface area contributed by atoms with Gasteiger partial charge >= 0.3 is 11.9 Å². The number of anilines is 1. The maximum atomic E-state index is 11.2. The number of thioether (sulfide) groups is 1. The van der Waals surface area contributed by atoms with E-state index in [1.165, 1.54) is 11.8 Å². The molecule has 0 atom stereocenters. The normalized spacial score (nSPS) is 10.1. The zero-order valence-electron chi connectivity index (χ0n) is 11.2. The number of carboxylic acid groups (broad SMARTS) is 1. The number of carboxylic acids is 1. The van der Waals surface area contributed by atoms with Crippen LogP contribution in [0.4, 0.5) is 5.82 Å². The first kappa shape index (κ1) is 16.2. The third-order valence-corrected chi connectivity index (χ3v) is 3.00. The van der Waals surface area contributed by atoms with Gasteiger partial charge in [-0.05, 0) is 13.3 Å². The molecule has 1 aromatic heterocycles. The molecule has 20 heavy (non-hydrogen) atoms. The molecule has 1 rings (SSSR count). The number of hydrogen-bond donors (Lipinski definition) is 2. The van der Waals surface area contributed by atoms with Crippen LogP contribution in [0.5, 0.6) is 0 Å². The predicted molar refractivity (Wildman–Crippen MR) is 74.7 cm³/mol. The van der Waals surface area contributed by atoms with Crippen LogP contribution in [0.3, 0.4) is 0 Å². The Morgan fingerprint density at radius 2 is 2.25 bits per heavy atom. The van der Waals surface area contributed by atoms with Crippen molar-refractivity contribution in [1.82, 2.24) is 9.97 Å². The molecule has 1 heterocycles. The summed E-state index contributed by atoms with van der Waals surface area (Å²) < 4.78 is 4.82. The van der Waals surface area contributed by atoms with Gasteiger partial charge in [0.2, 0.25) is 0 Å². The van der Waals surface area contributed by atoms with Crippen molar-refractivity contribution in [2.45, 2.75) is 24.8 Å². The Balaban J connectivity index is 2.37. The highest BCUT2D eigenvalue weighted by molar-refractivity contribution is 7.99. The zero-order valence-corrected chi connectivity index (χ0v) is 12.0. The van der Waals surface area contributed by atoms with Crippen molar-refractivity contribution >= 4 is 29.5 Å². The van der Waals surface area contributed by atoms with Crippen molar-refractivity contribution in [2.75, 3.05) is 24.2 Å². The molecule has 2 N–H and O–H groups in total. The number of esters is 1. The zero-order chi connectivity index (χ0) is 14.8. The van der Waals surface area contributed by atoms with Gasteiger partial charge in [-0.25, -0.2) is 4.98 Å². The molecule has 0 aliphatic rings. The third kappa shape index (κ3) is 6.93. The number of ether oxygens (including phenoxy) is 1. The summed E-state index contributed by atoms with van der Waals surface area (Å²) in [5.41, 5.74) is 0. The van der Waals surface area contributed by atoms with Crippen molar-refractivity contribution in [3.8, 4) is 0 Å². The van der Waals surface area contributed by atoms with Crippen molar-refractivity contribution < 1.29 is 19.4 Å². The molecule has 0 amide bonds. The minimum absolute atomic E-state index is 0.109. The van der Waals surface area contributed by atoms with Gasteiger partial charge < -0.3 is 15.2 Å². The summed E-state index contributed by atoms with van der Waals surface area (Å²) in [5.74, 6) is -0.370. The fraction of sp³-hybridized carbons (Fsp3) is 0.500. The average molecular weight is 299 g/mol. The van der Waals surface area contributed by atoms with Crippen LogP contribution >= 0.6 is 11.8 Å². The maximum Gasteiger partial charge on any atom is 0.316 e. The van der Waals surface area contributed by atoms with E-state index in [2.05, 4.69) is 15.3 Å². The fourth-order valence-electron chi connectivity index (χ4n) is 1.29. The summed E-state index contributed by atoms with van der Waals surface area (Å²) in [5, 5.41) is 12.1. The van der Waals surface area contributed by atoms with Crippen LogP contribution in [0.2, 0.25) is 0 Å². The van der Waals surface area contributed by atoms with Crippen LogP contribution in [-0.2, 0) is 14.3 Å². The Hall–Kier alpha value is -1.83.